The molecular weight excluding hydrogens is 276 g/mol. The highest BCUT2D eigenvalue weighted by Crippen LogP contribution is 2.27. The molecule has 0 aliphatic rings. The van der Waals surface area contributed by atoms with Crippen LogP contribution >= 0.6 is 11.8 Å². The number of hydrogen-bond acceptors (Lipinski definition) is 2. The normalized spacial score (nSPS) is 11.5. The van der Waals surface area contributed by atoms with Gasteiger partial charge in [-0.25, -0.2) is 4.99 Å². The van der Waals surface area contributed by atoms with Crippen LogP contribution in [0.25, 0.3) is 10.9 Å². The molecule has 2 nitrogen and oxygen atoms in total. The Hall–Kier alpha value is -2.00. The lowest BCUT2D eigenvalue weighted by atomic mass is 10.2. The van der Waals surface area contributed by atoms with Gasteiger partial charge in [-0.3, -0.25) is 0 Å². The van der Waals surface area contributed by atoms with Crippen molar-refractivity contribution in [3.8, 4) is 0 Å². The fraction of sp³-hybridized carbons (Fsp3) is 0.167. The molecule has 3 aromatic rings. The molecule has 0 fully saturated rings. The highest BCUT2D eigenvalue weighted by Gasteiger charge is 2.01. The lowest BCUT2D eigenvalue weighted by Crippen LogP contribution is -1.77. The number of hydrogen-bond donors (Lipinski definition) is 1. The number of rotatable bonds is 5. The van der Waals surface area contributed by atoms with E-state index >= 15 is 0 Å². The van der Waals surface area contributed by atoms with E-state index in [0.29, 0.717) is 0 Å². The van der Waals surface area contributed by atoms with Crippen LogP contribution in [0.1, 0.15) is 18.9 Å². The molecule has 1 heterocycles. The quantitative estimate of drug-likeness (QED) is 0.494. The van der Waals surface area contributed by atoms with Gasteiger partial charge in [0, 0.05) is 22.0 Å². The average molecular weight is 294 g/mol. The Morgan fingerprint density at radius 3 is 2.76 bits per heavy atom. The number of aromatic amines is 1. The second-order valence-electron chi connectivity index (χ2n) is 4.92. The van der Waals surface area contributed by atoms with Gasteiger partial charge in [0.05, 0.1) is 0 Å². The predicted octanol–water partition coefficient (Wildman–Crippen LogP) is 5.42. The van der Waals surface area contributed by atoms with Gasteiger partial charge >= 0.3 is 0 Å². The van der Waals surface area contributed by atoms with Crippen molar-refractivity contribution >= 4 is 34.7 Å². The Morgan fingerprint density at radius 2 is 1.95 bits per heavy atom. The predicted molar refractivity (Wildman–Crippen MR) is 93.0 cm³/mol. The number of aromatic nitrogens is 1. The summed E-state index contributed by atoms with van der Waals surface area (Å²) < 4.78 is 0. The van der Waals surface area contributed by atoms with E-state index in [4.69, 9.17) is 0 Å². The van der Waals surface area contributed by atoms with Crippen LogP contribution < -0.4 is 0 Å². The van der Waals surface area contributed by atoms with Crippen LogP contribution in [0, 0.1) is 0 Å². The van der Waals surface area contributed by atoms with Crippen LogP contribution in [0.2, 0.25) is 0 Å². The van der Waals surface area contributed by atoms with Gasteiger partial charge in [-0.05, 0) is 42.0 Å². The Labute approximate surface area is 129 Å². The van der Waals surface area contributed by atoms with E-state index in [2.05, 4.69) is 41.2 Å². The molecule has 1 aromatic heterocycles. The first-order valence-corrected chi connectivity index (χ1v) is 8.18. The van der Waals surface area contributed by atoms with Gasteiger partial charge in [-0.15, -0.1) is 11.8 Å². The Bertz CT molecular complexity index is 744. The molecule has 0 radical (unpaired) electrons. The van der Waals surface area contributed by atoms with E-state index in [1.165, 1.54) is 16.7 Å². The monoisotopic (exact) mass is 294 g/mol. The van der Waals surface area contributed by atoms with Crippen LogP contribution in [0.4, 0.5) is 5.82 Å². The zero-order chi connectivity index (χ0) is 14.5. The van der Waals surface area contributed by atoms with Crippen molar-refractivity contribution < 1.29 is 0 Å². The molecule has 3 heteroatoms. The highest BCUT2D eigenvalue weighted by atomic mass is 32.2. The molecule has 0 spiro atoms. The molecule has 1 N–H and O–H groups in total. The maximum Gasteiger partial charge on any atom is 0.130 e. The third-order valence-corrected chi connectivity index (χ3v) is 4.40. The van der Waals surface area contributed by atoms with Crippen molar-refractivity contribution in [1.82, 2.24) is 4.98 Å². The molecule has 0 unspecified atom stereocenters. The van der Waals surface area contributed by atoms with E-state index in [1.807, 2.05) is 48.3 Å². The minimum atomic E-state index is 0.895. The second-order valence-corrected chi connectivity index (χ2v) is 6.09. The summed E-state index contributed by atoms with van der Waals surface area (Å²) in [6.45, 7) is 2.21. The largest absolute Gasteiger partial charge is 0.340 e. The van der Waals surface area contributed by atoms with Gasteiger partial charge in [0.2, 0.25) is 0 Å². The van der Waals surface area contributed by atoms with E-state index < -0.39 is 0 Å². The van der Waals surface area contributed by atoms with Gasteiger partial charge in [-0.1, -0.05) is 37.3 Å². The average Bonchev–Trinajstić information content (AvgIpc) is 2.94. The lowest BCUT2D eigenvalue weighted by molar-refractivity contribution is 1.10. The Balaban J connectivity index is 1.82. The summed E-state index contributed by atoms with van der Waals surface area (Å²) in [6.07, 6.45) is 3.08. The fourth-order valence-electron chi connectivity index (χ4n) is 2.16. The van der Waals surface area contributed by atoms with Crippen LogP contribution in [0.15, 0.2) is 64.5 Å². The number of thioether (sulfide) groups is 1. The highest BCUT2D eigenvalue weighted by molar-refractivity contribution is 7.99. The molecule has 0 aliphatic carbocycles. The van der Waals surface area contributed by atoms with E-state index in [0.717, 1.165) is 22.7 Å². The number of nitrogens with one attached hydrogen (secondary N) is 1. The van der Waals surface area contributed by atoms with Crippen molar-refractivity contribution in [2.75, 3.05) is 5.75 Å². The van der Waals surface area contributed by atoms with Crippen molar-refractivity contribution in [1.29, 1.82) is 0 Å². The molecule has 0 bridgehead atoms. The maximum absolute atomic E-state index is 4.52. The van der Waals surface area contributed by atoms with Gasteiger partial charge in [0.25, 0.3) is 0 Å². The summed E-state index contributed by atoms with van der Waals surface area (Å²) in [5, 5.41) is 1.22. The first kappa shape index (κ1) is 14.0. The molecule has 0 saturated heterocycles. The maximum atomic E-state index is 4.52. The first-order chi connectivity index (χ1) is 10.3. The molecule has 0 amide bonds. The van der Waals surface area contributed by atoms with Crippen LogP contribution in [0.5, 0.6) is 0 Å². The Kier molecular flexibility index (Phi) is 4.41. The van der Waals surface area contributed by atoms with E-state index in [1.54, 1.807) is 0 Å². The number of benzene rings is 2. The Morgan fingerprint density at radius 1 is 1.10 bits per heavy atom. The summed E-state index contributed by atoms with van der Waals surface area (Å²) in [6, 6.07) is 18.8. The lowest BCUT2D eigenvalue weighted by Gasteiger charge is -1.98. The second kappa shape index (κ2) is 6.64. The summed E-state index contributed by atoms with van der Waals surface area (Å²) in [4.78, 5) is 9.18. The summed E-state index contributed by atoms with van der Waals surface area (Å²) >= 11 is 1.90. The van der Waals surface area contributed by atoms with Crippen molar-refractivity contribution in [2.24, 2.45) is 4.99 Å². The molecule has 106 valence electrons. The molecule has 0 aliphatic heterocycles. The van der Waals surface area contributed by atoms with E-state index in [9.17, 15) is 0 Å². The summed E-state index contributed by atoms with van der Waals surface area (Å²) in [5.41, 5.74) is 2.24. The molecule has 0 atom stereocenters. The SMILES string of the molecule is CCCSc1ccc2[nH]c(N=Cc3ccccc3)cc2c1. The number of aliphatic imine (C=N–C) groups is 1. The van der Waals surface area contributed by atoms with Crippen LogP contribution in [0.3, 0.4) is 0 Å². The zero-order valence-electron chi connectivity index (χ0n) is 12.0. The number of fused-ring (bicyclic) bond motifs is 1. The smallest absolute Gasteiger partial charge is 0.130 e. The van der Waals surface area contributed by atoms with Crippen molar-refractivity contribution in [3.05, 3.63) is 60.2 Å². The third-order valence-electron chi connectivity index (χ3n) is 3.20. The van der Waals surface area contributed by atoms with Gasteiger partial charge in [0.15, 0.2) is 0 Å². The van der Waals surface area contributed by atoms with Crippen molar-refractivity contribution in [3.63, 3.8) is 0 Å². The summed E-state index contributed by atoms with van der Waals surface area (Å²) in [7, 11) is 0. The molecule has 3 rings (SSSR count). The molecule has 21 heavy (non-hydrogen) atoms. The number of H-pyrrole nitrogens is 1. The number of nitrogens with zero attached hydrogens (tertiary/aromatic N) is 1. The van der Waals surface area contributed by atoms with Crippen LogP contribution in [-0.4, -0.2) is 17.0 Å². The van der Waals surface area contributed by atoms with Crippen LogP contribution in [-0.2, 0) is 0 Å². The van der Waals surface area contributed by atoms with Gasteiger partial charge < -0.3 is 4.98 Å². The minimum absolute atomic E-state index is 0.895. The standard InChI is InChI=1S/C18H18N2S/c1-2-10-21-16-8-9-17-15(11-16)12-18(20-17)19-13-14-6-4-3-5-7-14/h3-9,11-13,20H,2,10H2,1H3. The minimum Gasteiger partial charge on any atom is -0.340 e. The van der Waals surface area contributed by atoms with Crippen molar-refractivity contribution in [2.45, 2.75) is 18.2 Å². The first-order valence-electron chi connectivity index (χ1n) is 7.20. The molecule has 0 saturated carbocycles. The topological polar surface area (TPSA) is 28.1 Å². The van der Waals surface area contributed by atoms with E-state index in [-0.39, 0.29) is 0 Å². The fourth-order valence-corrected chi connectivity index (χ4v) is 2.97. The summed E-state index contributed by atoms with van der Waals surface area (Å²) in [5.74, 6) is 2.06. The molecule has 2 aromatic carbocycles. The van der Waals surface area contributed by atoms with Gasteiger partial charge in [0.1, 0.15) is 5.82 Å². The van der Waals surface area contributed by atoms with Gasteiger partial charge in [-0.2, -0.15) is 0 Å². The third kappa shape index (κ3) is 3.56. The molecular formula is C18H18N2S. The zero-order valence-corrected chi connectivity index (χ0v) is 12.9.